The first-order valence-corrected chi connectivity index (χ1v) is 7.86. The number of hydrogen-bond acceptors (Lipinski definition) is 6. The fourth-order valence-electron chi connectivity index (χ4n) is 2.52. The Kier molecular flexibility index (Phi) is 4.14. The van der Waals surface area contributed by atoms with Crippen LogP contribution in [0.2, 0.25) is 0 Å². The highest BCUT2D eigenvalue weighted by Gasteiger charge is 2.40. The molecule has 1 fully saturated rings. The number of carbonyl (C=O) groups excluding carboxylic acids is 1. The van der Waals surface area contributed by atoms with E-state index in [1.54, 1.807) is 13.8 Å². The van der Waals surface area contributed by atoms with Gasteiger partial charge >= 0.3 is 5.97 Å². The summed E-state index contributed by atoms with van der Waals surface area (Å²) in [7, 11) is -2.55. The molecule has 20 heavy (non-hydrogen) atoms. The minimum absolute atomic E-state index is 0.0494. The van der Waals surface area contributed by atoms with Crippen molar-refractivity contribution in [1.82, 2.24) is 9.46 Å². The Morgan fingerprint density at radius 3 is 2.65 bits per heavy atom. The monoisotopic (exact) mass is 302 g/mol. The SMILES string of the molecule is COC(=O)[C@@H]1CCCCN1S(=O)(=O)c1c(C)noc1C. The van der Waals surface area contributed by atoms with Gasteiger partial charge in [-0.15, -0.1) is 0 Å². The van der Waals surface area contributed by atoms with Gasteiger partial charge in [-0.3, -0.25) is 4.79 Å². The van der Waals surface area contributed by atoms with E-state index in [1.165, 1.54) is 11.4 Å². The highest BCUT2D eigenvalue weighted by Crippen LogP contribution is 2.29. The first-order chi connectivity index (χ1) is 9.39. The van der Waals surface area contributed by atoms with Gasteiger partial charge in [-0.1, -0.05) is 5.16 Å². The number of sulfonamides is 1. The molecule has 0 amide bonds. The van der Waals surface area contributed by atoms with Crippen LogP contribution in [0.5, 0.6) is 0 Å². The lowest BCUT2D eigenvalue weighted by atomic mass is 10.1. The number of esters is 1. The van der Waals surface area contributed by atoms with Gasteiger partial charge in [0.2, 0.25) is 10.0 Å². The summed E-state index contributed by atoms with van der Waals surface area (Å²) in [5, 5.41) is 3.67. The van der Waals surface area contributed by atoms with Gasteiger partial charge in [0.25, 0.3) is 0 Å². The Balaban J connectivity index is 2.44. The Hall–Kier alpha value is -1.41. The number of nitrogens with zero attached hydrogens (tertiary/aromatic N) is 2. The molecule has 7 nitrogen and oxygen atoms in total. The van der Waals surface area contributed by atoms with Crippen molar-refractivity contribution in [3.63, 3.8) is 0 Å². The number of aryl methyl sites for hydroxylation is 2. The van der Waals surface area contributed by atoms with E-state index in [9.17, 15) is 13.2 Å². The molecule has 8 heteroatoms. The van der Waals surface area contributed by atoms with Crippen LogP contribution in [0, 0.1) is 13.8 Å². The van der Waals surface area contributed by atoms with Gasteiger partial charge in [-0.05, 0) is 33.1 Å². The Morgan fingerprint density at radius 2 is 2.10 bits per heavy atom. The van der Waals surface area contributed by atoms with Crippen LogP contribution in [0.4, 0.5) is 0 Å². The zero-order valence-electron chi connectivity index (χ0n) is 11.7. The van der Waals surface area contributed by atoms with E-state index < -0.39 is 22.0 Å². The number of methoxy groups -OCH3 is 1. The number of ether oxygens (including phenoxy) is 1. The smallest absolute Gasteiger partial charge is 0.324 e. The summed E-state index contributed by atoms with van der Waals surface area (Å²) in [6, 6.07) is -0.771. The number of rotatable bonds is 3. The summed E-state index contributed by atoms with van der Waals surface area (Å²) in [5.41, 5.74) is 0.302. The predicted molar refractivity (Wildman–Crippen MR) is 69.5 cm³/mol. The van der Waals surface area contributed by atoms with E-state index in [1.807, 2.05) is 0 Å². The lowest BCUT2D eigenvalue weighted by Gasteiger charge is -2.32. The van der Waals surface area contributed by atoms with Crippen LogP contribution >= 0.6 is 0 Å². The summed E-state index contributed by atoms with van der Waals surface area (Å²) in [6.07, 6.45) is 1.98. The van der Waals surface area contributed by atoms with E-state index >= 15 is 0 Å². The van der Waals surface area contributed by atoms with Crippen molar-refractivity contribution in [3.05, 3.63) is 11.5 Å². The van der Waals surface area contributed by atoms with Crippen molar-refractivity contribution in [3.8, 4) is 0 Å². The summed E-state index contributed by atoms with van der Waals surface area (Å²) in [5.74, 6) is -0.295. The van der Waals surface area contributed by atoms with Crippen molar-refractivity contribution in [2.24, 2.45) is 0 Å². The largest absolute Gasteiger partial charge is 0.468 e. The van der Waals surface area contributed by atoms with Crippen molar-refractivity contribution in [2.45, 2.75) is 44.0 Å². The summed E-state index contributed by atoms with van der Waals surface area (Å²) in [4.78, 5) is 11.8. The fourth-order valence-corrected chi connectivity index (χ4v) is 4.47. The molecule has 1 aromatic heterocycles. The number of aromatic nitrogens is 1. The third-order valence-electron chi connectivity index (χ3n) is 3.46. The van der Waals surface area contributed by atoms with Gasteiger partial charge in [0.15, 0.2) is 5.76 Å². The molecular formula is C12H18N2O5S. The predicted octanol–water partition coefficient (Wildman–Crippen LogP) is 1.01. The second-order valence-corrected chi connectivity index (χ2v) is 6.63. The topological polar surface area (TPSA) is 89.7 Å². The molecule has 1 atom stereocenters. The molecule has 0 N–H and O–H groups in total. The first kappa shape index (κ1) is 15.0. The molecule has 1 aliphatic rings. The van der Waals surface area contributed by atoms with E-state index in [-0.39, 0.29) is 10.7 Å². The third-order valence-corrected chi connectivity index (χ3v) is 5.61. The van der Waals surface area contributed by atoms with Crippen LogP contribution in [0.25, 0.3) is 0 Å². The van der Waals surface area contributed by atoms with Crippen LogP contribution < -0.4 is 0 Å². The number of carbonyl (C=O) groups is 1. The number of piperidine rings is 1. The molecule has 0 radical (unpaired) electrons. The van der Waals surface area contributed by atoms with Crippen LogP contribution in [-0.2, 0) is 19.6 Å². The fraction of sp³-hybridized carbons (Fsp3) is 0.667. The molecule has 0 aliphatic carbocycles. The van der Waals surface area contributed by atoms with Gasteiger partial charge in [0.1, 0.15) is 16.6 Å². The number of hydrogen-bond donors (Lipinski definition) is 0. The molecule has 0 unspecified atom stereocenters. The second-order valence-electron chi connectivity index (χ2n) is 4.80. The van der Waals surface area contributed by atoms with Crippen LogP contribution in [0.1, 0.15) is 30.7 Å². The summed E-state index contributed by atoms with van der Waals surface area (Å²) < 4.78 is 36.3. The Bertz CT molecular complexity index is 588. The third kappa shape index (κ3) is 2.45. The molecule has 112 valence electrons. The zero-order chi connectivity index (χ0) is 14.9. The van der Waals surface area contributed by atoms with Crippen LogP contribution in [-0.4, -0.2) is 43.5 Å². The molecule has 0 spiro atoms. The van der Waals surface area contributed by atoms with Crippen molar-refractivity contribution in [1.29, 1.82) is 0 Å². The van der Waals surface area contributed by atoms with Gasteiger partial charge in [-0.2, -0.15) is 4.31 Å². The molecule has 1 saturated heterocycles. The summed E-state index contributed by atoms with van der Waals surface area (Å²) >= 11 is 0. The Labute approximate surface area is 117 Å². The normalized spacial score (nSPS) is 20.9. The molecule has 2 heterocycles. The average molecular weight is 302 g/mol. The zero-order valence-corrected chi connectivity index (χ0v) is 12.6. The highest BCUT2D eigenvalue weighted by molar-refractivity contribution is 7.89. The minimum Gasteiger partial charge on any atom is -0.468 e. The van der Waals surface area contributed by atoms with Gasteiger partial charge in [-0.25, -0.2) is 8.42 Å². The highest BCUT2D eigenvalue weighted by atomic mass is 32.2. The first-order valence-electron chi connectivity index (χ1n) is 6.42. The standard InChI is InChI=1S/C12H18N2O5S/c1-8-11(9(2)19-13-8)20(16,17)14-7-5-4-6-10(14)12(15)18-3/h10H,4-7H2,1-3H3/t10-/m0/s1. The van der Waals surface area contributed by atoms with Crippen molar-refractivity contribution in [2.75, 3.05) is 13.7 Å². The van der Waals surface area contributed by atoms with Crippen LogP contribution in [0.3, 0.4) is 0 Å². The lowest BCUT2D eigenvalue weighted by molar-refractivity contribution is -0.146. The lowest BCUT2D eigenvalue weighted by Crippen LogP contribution is -2.48. The molecular weight excluding hydrogens is 284 g/mol. The molecule has 0 saturated carbocycles. The average Bonchev–Trinajstić information content (AvgIpc) is 2.77. The molecule has 1 aliphatic heterocycles. The maximum Gasteiger partial charge on any atom is 0.324 e. The molecule has 0 aromatic carbocycles. The summed E-state index contributed by atoms with van der Waals surface area (Å²) in [6.45, 7) is 3.41. The van der Waals surface area contributed by atoms with Crippen molar-refractivity contribution < 1.29 is 22.5 Å². The van der Waals surface area contributed by atoms with E-state index in [0.29, 0.717) is 18.7 Å². The molecule has 2 rings (SSSR count). The molecule has 1 aromatic rings. The van der Waals surface area contributed by atoms with Crippen LogP contribution in [0.15, 0.2) is 9.42 Å². The second kappa shape index (κ2) is 5.53. The maximum atomic E-state index is 12.7. The van der Waals surface area contributed by atoms with E-state index in [2.05, 4.69) is 5.16 Å². The molecule has 0 bridgehead atoms. The quantitative estimate of drug-likeness (QED) is 0.774. The van der Waals surface area contributed by atoms with Crippen molar-refractivity contribution >= 4 is 16.0 Å². The maximum absolute atomic E-state index is 12.7. The van der Waals surface area contributed by atoms with E-state index in [4.69, 9.17) is 9.26 Å². The van der Waals surface area contributed by atoms with Gasteiger partial charge < -0.3 is 9.26 Å². The van der Waals surface area contributed by atoms with Gasteiger partial charge in [0, 0.05) is 6.54 Å². The van der Waals surface area contributed by atoms with E-state index in [0.717, 1.165) is 12.8 Å². The minimum atomic E-state index is -3.81. The van der Waals surface area contributed by atoms with Gasteiger partial charge in [0.05, 0.1) is 7.11 Å². The Morgan fingerprint density at radius 1 is 1.40 bits per heavy atom.